The standard InChI is InChI=1S/C10H10N4O/c15-9-11-12-13-14(9)10(6-7-10)8-4-2-1-3-5-8/h1-5H,6-7H2,(H,11,13,15). The summed E-state index contributed by atoms with van der Waals surface area (Å²) >= 11 is 0. The highest BCUT2D eigenvalue weighted by Crippen LogP contribution is 2.47. The van der Waals surface area contributed by atoms with Crippen LogP contribution in [0.2, 0.25) is 0 Å². The van der Waals surface area contributed by atoms with Gasteiger partial charge in [0.25, 0.3) is 0 Å². The van der Waals surface area contributed by atoms with Crippen LogP contribution in [-0.4, -0.2) is 20.2 Å². The number of benzene rings is 1. The Morgan fingerprint density at radius 1 is 1.27 bits per heavy atom. The average Bonchev–Trinajstić information content (AvgIpc) is 2.98. The fraction of sp³-hybridized carbons (Fsp3) is 0.300. The summed E-state index contributed by atoms with van der Waals surface area (Å²) in [5, 5.41) is 9.68. The van der Waals surface area contributed by atoms with Gasteiger partial charge in [-0.1, -0.05) is 30.3 Å². The molecule has 0 saturated heterocycles. The topological polar surface area (TPSA) is 63.6 Å². The molecule has 5 heteroatoms. The van der Waals surface area contributed by atoms with Gasteiger partial charge in [0.05, 0.1) is 5.54 Å². The van der Waals surface area contributed by atoms with Gasteiger partial charge in [0.2, 0.25) is 0 Å². The van der Waals surface area contributed by atoms with E-state index in [1.54, 1.807) is 0 Å². The smallest absolute Gasteiger partial charge is 0.244 e. The normalized spacial score (nSPS) is 17.6. The van der Waals surface area contributed by atoms with E-state index in [-0.39, 0.29) is 11.2 Å². The van der Waals surface area contributed by atoms with Crippen molar-refractivity contribution >= 4 is 0 Å². The molecule has 5 nitrogen and oxygen atoms in total. The maximum absolute atomic E-state index is 11.5. The lowest BCUT2D eigenvalue weighted by Gasteiger charge is -2.13. The maximum atomic E-state index is 11.5. The van der Waals surface area contributed by atoms with Crippen molar-refractivity contribution in [2.45, 2.75) is 18.4 Å². The summed E-state index contributed by atoms with van der Waals surface area (Å²) in [6.07, 6.45) is 1.90. The first kappa shape index (κ1) is 8.40. The first-order chi connectivity index (χ1) is 7.33. The molecule has 1 aromatic heterocycles. The Labute approximate surface area is 85.7 Å². The van der Waals surface area contributed by atoms with Gasteiger partial charge in [-0.3, -0.25) is 0 Å². The lowest BCUT2D eigenvalue weighted by Crippen LogP contribution is -2.30. The third-order valence-corrected chi connectivity index (χ3v) is 2.91. The Balaban J connectivity index is 2.14. The molecule has 1 heterocycles. The number of hydrogen-bond acceptors (Lipinski definition) is 3. The molecule has 0 bridgehead atoms. The monoisotopic (exact) mass is 202 g/mol. The van der Waals surface area contributed by atoms with Crippen LogP contribution in [0.5, 0.6) is 0 Å². The van der Waals surface area contributed by atoms with Crippen molar-refractivity contribution in [2.75, 3.05) is 0 Å². The number of hydrogen-bond donors (Lipinski definition) is 1. The van der Waals surface area contributed by atoms with E-state index in [1.165, 1.54) is 4.68 Å². The molecule has 0 radical (unpaired) electrons. The van der Waals surface area contributed by atoms with Gasteiger partial charge in [0.1, 0.15) is 0 Å². The molecule has 15 heavy (non-hydrogen) atoms. The van der Waals surface area contributed by atoms with E-state index < -0.39 is 0 Å². The van der Waals surface area contributed by atoms with E-state index in [9.17, 15) is 4.79 Å². The fourth-order valence-electron chi connectivity index (χ4n) is 1.97. The van der Waals surface area contributed by atoms with Crippen molar-refractivity contribution in [3.63, 3.8) is 0 Å². The van der Waals surface area contributed by atoms with Gasteiger partial charge in [-0.05, 0) is 28.8 Å². The molecule has 0 unspecified atom stereocenters. The summed E-state index contributed by atoms with van der Waals surface area (Å²) < 4.78 is 1.45. The fourth-order valence-corrected chi connectivity index (χ4v) is 1.97. The second-order valence-electron chi connectivity index (χ2n) is 3.82. The highest BCUT2D eigenvalue weighted by Gasteiger charge is 2.48. The van der Waals surface area contributed by atoms with Gasteiger partial charge in [0, 0.05) is 0 Å². The lowest BCUT2D eigenvalue weighted by molar-refractivity contribution is 0.476. The summed E-state index contributed by atoms with van der Waals surface area (Å²) in [5.74, 6) is 0. The Kier molecular flexibility index (Phi) is 1.56. The molecular weight excluding hydrogens is 192 g/mol. The minimum absolute atomic E-state index is 0.239. The van der Waals surface area contributed by atoms with Crippen LogP contribution >= 0.6 is 0 Å². The zero-order valence-electron chi connectivity index (χ0n) is 8.05. The summed E-state index contributed by atoms with van der Waals surface area (Å²) in [4.78, 5) is 11.5. The van der Waals surface area contributed by atoms with Gasteiger partial charge in [-0.15, -0.1) is 0 Å². The third kappa shape index (κ3) is 1.12. The van der Waals surface area contributed by atoms with Gasteiger partial charge in [-0.2, -0.15) is 4.68 Å². The van der Waals surface area contributed by atoms with Crippen molar-refractivity contribution in [2.24, 2.45) is 0 Å². The van der Waals surface area contributed by atoms with Crippen LogP contribution in [0.3, 0.4) is 0 Å². The Morgan fingerprint density at radius 2 is 2.00 bits per heavy atom. The second kappa shape index (κ2) is 2.79. The molecule has 0 atom stereocenters. The first-order valence-electron chi connectivity index (χ1n) is 4.89. The van der Waals surface area contributed by atoms with E-state index in [0.29, 0.717) is 0 Å². The largest absolute Gasteiger partial charge is 0.361 e. The molecule has 1 N–H and O–H groups in total. The summed E-state index contributed by atoms with van der Waals surface area (Å²) in [5.41, 5.74) is 0.642. The molecular formula is C10H10N4O. The van der Waals surface area contributed by atoms with Gasteiger partial charge in [0.15, 0.2) is 0 Å². The van der Waals surface area contributed by atoms with Crippen LogP contribution in [0, 0.1) is 0 Å². The SMILES string of the molecule is O=c1[nH]nnn1C1(c2ccccc2)CC1. The van der Waals surface area contributed by atoms with Crippen LogP contribution in [-0.2, 0) is 5.54 Å². The van der Waals surface area contributed by atoms with Gasteiger partial charge >= 0.3 is 5.69 Å². The van der Waals surface area contributed by atoms with Crippen LogP contribution in [0.4, 0.5) is 0 Å². The minimum atomic E-state index is -0.245. The third-order valence-electron chi connectivity index (χ3n) is 2.91. The van der Waals surface area contributed by atoms with Crippen molar-refractivity contribution in [1.29, 1.82) is 0 Å². The van der Waals surface area contributed by atoms with E-state index in [0.717, 1.165) is 18.4 Å². The van der Waals surface area contributed by atoms with Crippen molar-refractivity contribution in [1.82, 2.24) is 20.2 Å². The molecule has 3 rings (SSSR count). The van der Waals surface area contributed by atoms with Crippen LogP contribution < -0.4 is 5.69 Å². The molecule has 1 fully saturated rings. The number of tetrazole rings is 1. The maximum Gasteiger partial charge on any atom is 0.361 e. The minimum Gasteiger partial charge on any atom is -0.244 e. The quantitative estimate of drug-likeness (QED) is 0.771. The van der Waals surface area contributed by atoms with Crippen LogP contribution in [0.15, 0.2) is 35.1 Å². The summed E-state index contributed by atoms with van der Waals surface area (Å²) in [6, 6.07) is 9.95. The van der Waals surface area contributed by atoms with Crippen molar-refractivity contribution in [3.05, 3.63) is 46.4 Å². The van der Waals surface area contributed by atoms with E-state index in [1.807, 2.05) is 30.3 Å². The second-order valence-corrected chi connectivity index (χ2v) is 3.82. The van der Waals surface area contributed by atoms with Crippen LogP contribution in [0.25, 0.3) is 0 Å². The molecule has 0 amide bonds. The molecule has 0 spiro atoms. The van der Waals surface area contributed by atoms with Crippen LogP contribution in [0.1, 0.15) is 18.4 Å². The zero-order chi connectivity index (χ0) is 10.3. The Bertz CT molecular complexity index is 524. The molecule has 1 aromatic carbocycles. The molecule has 1 aliphatic rings. The predicted molar refractivity (Wildman–Crippen MR) is 53.4 cm³/mol. The van der Waals surface area contributed by atoms with Gasteiger partial charge < -0.3 is 0 Å². The molecule has 2 aromatic rings. The van der Waals surface area contributed by atoms with E-state index in [4.69, 9.17) is 0 Å². The number of nitrogens with zero attached hydrogens (tertiary/aromatic N) is 3. The van der Waals surface area contributed by atoms with Crippen molar-refractivity contribution < 1.29 is 0 Å². The number of aromatic nitrogens is 4. The number of nitrogens with one attached hydrogen (secondary N) is 1. The molecule has 1 aliphatic carbocycles. The van der Waals surface area contributed by atoms with Crippen molar-refractivity contribution in [3.8, 4) is 0 Å². The predicted octanol–water partition coefficient (Wildman–Crippen LogP) is 0.504. The van der Waals surface area contributed by atoms with E-state index >= 15 is 0 Å². The number of H-pyrrole nitrogens is 1. The lowest BCUT2D eigenvalue weighted by atomic mass is 10.1. The molecule has 1 saturated carbocycles. The molecule has 76 valence electrons. The van der Waals surface area contributed by atoms with Gasteiger partial charge in [-0.25, -0.2) is 9.89 Å². The summed E-state index contributed by atoms with van der Waals surface area (Å²) in [7, 11) is 0. The average molecular weight is 202 g/mol. The highest BCUT2D eigenvalue weighted by atomic mass is 16.2. The number of rotatable bonds is 2. The Hall–Kier alpha value is -1.91. The first-order valence-corrected chi connectivity index (χ1v) is 4.89. The zero-order valence-corrected chi connectivity index (χ0v) is 8.05. The Morgan fingerprint density at radius 3 is 2.53 bits per heavy atom. The molecule has 0 aliphatic heterocycles. The number of aromatic amines is 1. The van der Waals surface area contributed by atoms with E-state index in [2.05, 4.69) is 15.5 Å². The highest BCUT2D eigenvalue weighted by molar-refractivity contribution is 5.30. The summed E-state index contributed by atoms with van der Waals surface area (Å²) in [6.45, 7) is 0.